The first-order chi connectivity index (χ1) is 9.76. The molecule has 6 heteroatoms. The number of nitrogens with zero attached hydrogens (tertiary/aromatic N) is 2. The number of aromatic nitrogens is 2. The van der Waals surface area contributed by atoms with Crippen LogP contribution < -0.4 is 15.4 Å². The fourth-order valence-corrected chi connectivity index (χ4v) is 1.88. The van der Waals surface area contributed by atoms with Gasteiger partial charge in [0.1, 0.15) is 11.4 Å². The number of nitrogens with one attached hydrogen (secondary N) is 1. The Labute approximate surface area is 117 Å². The molecule has 20 heavy (non-hydrogen) atoms. The normalized spacial score (nSPS) is 10.3. The smallest absolute Gasteiger partial charge is 0.276 e. The van der Waals surface area contributed by atoms with Gasteiger partial charge in [-0.05, 0) is 43.3 Å². The van der Waals surface area contributed by atoms with Gasteiger partial charge in [0.25, 0.3) is 5.91 Å². The number of anilines is 1. The lowest BCUT2D eigenvalue weighted by Crippen LogP contribution is -2.33. The summed E-state index contributed by atoms with van der Waals surface area (Å²) in [6.07, 6.45) is 2.29. The van der Waals surface area contributed by atoms with Gasteiger partial charge < -0.3 is 15.4 Å². The van der Waals surface area contributed by atoms with E-state index in [1.54, 1.807) is 24.3 Å². The minimum atomic E-state index is -0.124. The highest BCUT2D eigenvalue weighted by Gasteiger charge is 2.18. The van der Waals surface area contributed by atoms with Crippen LogP contribution in [0.25, 0.3) is 0 Å². The van der Waals surface area contributed by atoms with Crippen molar-refractivity contribution < 1.29 is 9.53 Å². The van der Waals surface area contributed by atoms with Crippen LogP contribution in [-0.2, 0) is 0 Å². The number of hydrogen-bond acceptors (Lipinski definition) is 4. The van der Waals surface area contributed by atoms with E-state index in [2.05, 4.69) is 10.2 Å². The van der Waals surface area contributed by atoms with Gasteiger partial charge in [-0.1, -0.05) is 0 Å². The fourth-order valence-electron chi connectivity index (χ4n) is 1.88. The highest BCUT2D eigenvalue weighted by atomic mass is 16.5. The molecule has 1 aromatic heterocycles. The van der Waals surface area contributed by atoms with Gasteiger partial charge in [-0.25, -0.2) is 0 Å². The van der Waals surface area contributed by atoms with Crippen molar-refractivity contribution in [2.45, 2.75) is 6.42 Å². The molecule has 3 N–H and O–H groups in total. The first-order valence-corrected chi connectivity index (χ1v) is 6.41. The van der Waals surface area contributed by atoms with Gasteiger partial charge in [0.15, 0.2) is 0 Å². The third-order valence-electron chi connectivity index (χ3n) is 2.95. The van der Waals surface area contributed by atoms with Crippen LogP contribution in [0.1, 0.15) is 16.9 Å². The number of hydrogen-bond donors (Lipinski definition) is 2. The van der Waals surface area contributed by atoms with Gasteiger partial charge in [0.05, 0.1) is 7.11 Å². The van der Waals surface area contributed by atoms with Crippen LogP contribution in [0, 0.1) is 0 Å². The molecule has 0 atom stereocenters. The zero-order valence-electron chi connectivity index (χ0n) is 11.4. The quantitative estimate of drug-likeness (QED) is 0.834. The summed E-state index contributed by atoms with van der Waals surface area (Å²) < 4.78 is 5.12. The number of amides is 1. The van der Waals surface area contributed by atoms with Crippen molar-refractivity contribution >= 4 is 11.6 Å². The van der Waals surface area contributed by atoms with Crippen molar-refractivity contribution in [3.8, 4) is 5.75 Å². The maximum absolute atomic E-state index is 12.4. The zero-order valence-corrected chi connectivity index (χ0v) is 11.4. The van der Waals surface area contributed by atoms with E-state index in [4.69, 9.17) is 10.5 Å². The van der Waals surface area contributed by atoms with Crippen molar-refractivity contribution in [2.75, 3.05) is 25.1 Å². The molecular weight excluding hydrogens is 256 g/mol. The van der Waals surface area contributed by atoms with Crippen LogP contribution in [-0.4, -0.2) is 36.3 Å². The summed E-state index contributed by atoms with van der Waals surface area (Å²) in [4.78, 5) is 14.1. The Balaban J connectivity index is 2.23. The van der Waals surface area contributed by atoms with E-state index < -0.39 is 0 Å². The molecule has 0 aliphatic rings. The van der Waals surface area contributed by atoms with Crippen molar-refractivity contribution in [3.05, 3.63) is 42.2 Å². The SMILES string of the molecule is COc1ccc(N(CCCN)C(=O)c2ccn[nH]2)cc1. The highest BCUT2D eigenvalue weighted by molar-refractivity contribution is 6.04. The molecule has 0 bridgehead atoms. The van der Waals surface area contributed by atoms with Crippen molar-refractivity contribution in [2.24, 2.45) is 5.73 Å². The topological polar surface area (TPSA) is 84.2 Å². The average molecular weight is 274 g/mol. The molecule has 1 heterocycles. The first-order valence-electron chi connectivity index (χ1n) is 6.41. The molecular formula is C14H18N4O2. The molecule has 0 fully saturated rings. The summed E-state index contributed by atoms with van der Waals surface area (Å²) in [7, 11) is 1.61. The highest BCUT2D eigenvalue weighted by Crippen LogP contribution is 2.21. The first kappa shape index (κ1) is 14.1. The lowest BCUT2D eigenvalue weighted by Gasteiger charge is -2.22. The van der Waals surface area contributed by atoms with Crippen LogP contribution in [0.4, 0.5) is 5.69 Å². The monoisotopic (exact) mass is 274 g/mol. The number of benzene rings is 1. The number of aromatic amines is 1. The van der Waals surface area contributed by atoms with Crippen molar-refractivity contribution in [1.82, 2.24) is 10.2 Å². The zero-order chi connectivity index (χ0) is 14.4. The summed E-state index contributed by atoms with van der Waals surface area (Å²) in [5, 5.41) is 6.50. The summed E-state index contributed by atoms with van der Waals surface area (Å²) >= 11 is 0. The Morgan fingerprint density at radius 2 is 2.10 bits per heavy atom. The van der Waals surface area contributed by atoms with E-state index in [1.165, 1.54) is 0 Å². The molecule has 0 saturated heterocycles. The van der Waals surface area contributed by atoms with E-state index in [1.807, 2.05) is 24.3 Å². The Hall–Kier alpha value is -2.34. The molecule has 0 unspecified atom stereocenters. The minimum Gasteiger partial charge on any atom is -0.497 e. The van der Waals surface area contributed by atoms with E-state index >= 15 is 0 Å². The number of rotatable bonds is 6. The lowest BCUT2D eigenvalue weighted by molar-refractivity contribution is 0.0982. The largest absolute Gasteiger partial charge is 0.497 e. The fraction of sp³-hybridized carbons (Fsp3) is 0.286. The summed E-state index contributed by atoms with van der Waals surface area (Å²) in [5.74, 6) is 0.627. The molecule has 6 nitrogen and oxygen atoms in total. The minimum absolute atomic E-state index is 0.124. The Kier molecular flexibility index (Phi) is 4.73. The van der Waals surface area contributed by atoms with Crippen LogP contribution in [0.5, 0.6) is 5.75 Å². The Morgan fingerprint density at radius 3 is 2.65 bits per heavy atom. The second-order valence-electron chi connectivity index (χ2n) is 4.27. The standard InChI is InChI=1S/C14H18N4O2/c1-20-12-5-3-11(4-6-12)18(10-2-8-15)14(19)13-7-9-16-17-13/h3-7,9H,2,8,10,15H2,1H3,(H,16,17). The molecule has 2 rings (SSSR count). The predicted molar refractivity (Wildman–Crippen MR) is 76.9 cm³/mol. The molecule has 106 valence electrons. The summed E-state index contributed by atoms with van der Waals surface area (Å²) in [6.45, 7) is 1.09. The van der Waals surface area contributed by atoms with Crippen LogP contribution in [0.2, 0.25) is 0 Å². The molecule has 0 radical (unpaired) electrons. The summed E-state index contributed by atoms with van der Waals surface area (Å²) in [5.41, 5.74) is 6.80. The number of H-pyrrole nitrogens is 1. The second kappa shape index (κ2) is 6.72. The van der Waals surface area contributed by atoms with Gasteiger partial charge in [0, 0.05) is 18.4 Å². The second-order valence-corrected chi connectivity index (χ2v) is 4.27. The third kappa shape index (κ3) is 3.16. The van der Waals surface area contributed by atoms with Gasteiger partial charge >= 0.3 is 0 Å². The van der Waals surface area contributed by atoms with E-state index in [0.29, 0.717) is 18.8 Å². The van der Waals surface area contributed by atoms with Crippen molar-refractivity contribution in [1.29, 1.82) is 0 Å². The molecule has 1 aromatic carbocycles. The van der Waals surface area contributed by atoms with Gasteiger partial charge in [-0.15, -0.1) is 0 Å². The van der Waals surface area contributed by atoms with E-state index in [0.717, 1.165) is 17.9 Å². The molecule has 0 spiro atoms. The molecule has 0 saturated carbocycles. The molecule has 0 aliphatic carbocycles. The van der Waals surface area contributed by atoms with Crippen molar-refractivity contribution in [3.63, 3.8) is 0 Å². The van der Waals surface area contributed by atoms with Crippen LogP contribution in [0.3, 0.4) is 0 Å². The maximum atomic E-state index is 12.4. The number of nitrogens with two attached hydrogens (primary N) is 1. The third-order valence-corrected chi connectivity index (χ3v) is 2.95. The van der Waals surface area contributed by atoms with E-state index in [9.17, 15) is 4.79 Å². The predicted octanol–water partition coefficient (Wildman–Crippen LogP) is 1.41. The van der Waals surface area contributed by atoms with Crippen LogP contribution >= 0.6 is 0 Å². The lowest BCUT2D eigenvalue weighted by atomic mass is 10.2. The van der Waals surface area contributed by atoms with Gasteiger partial charge in [-0.2, -0.15) is 5.10 Å². The number of ether oxygens (including phenoxy) is 1. The summed E-state index contributed by atoms with van der Waals surface area (Å²) in [6, 6.07) is 9.00. The molecule has 2 aromatic rings. The average Bonchev–Trinajstić information content (AvgIpc) is 3.02. The van der Waals surface area contributed by atoms with Crippen LogP contribution in [0.15, 0.2) is 36.5 Å². The maximum Gasteiger partial charge on any atom is 0.276 e. The number of methoxy groups -OCH3 is 1. The van der Waals surface area contributed by atoms with Gasteiger partial charge in [0.2, 0.25) is 0 Å². The molecule has 1 amide bonds. The number of carbonyl (C=O) groups is 1. The molecule has 0 aliphatic heterocycles. The number of carbonyl (C=O) groups excluding carboxylic acids is 1. The Morgan fingerprint density at radius 1 is 1.35 bits per heavy atom. The van der Waals surface area contributed by atoms with E-state index in [-0.39, 0.29) is 5.91 Å². The van der Waals surface area contributed by atoms with Gasteiger partial charge in [-0.3, -0.25) is 9.89 Å². The Bertz CT molecular complexity index is 537.